The van der Waals surface area contributed by atoms with Gasteiger partial charge in [-0.3, -0.25) is 0 Å². The largest absolute Gasteiger partial charge is 0.474 e. The zero-order valence-corrected chi connectivity index (χ0v) is 11.2. The Hall–Kier alpha value is -1.13. The Morgan fingerprint density at radius 2 is 2.22 bits per heavy atom. The molecule has 1 aliphatic carbocycles. The second-order valence-corrected chi connectivity index (χ2v) is 5.83. The Bertz CT molecular complexity index is 525. The maximum atomic E-state index is 6.15. The molecule has 1 saturated carbocycles. The van der Waals surface area contributed by atoms with Gasteiger partial charge in [0.15, 0.2) is 0 Å². The summed E-state index contributed by atoms with van der Waals surface area (Å²) in [7, 11) is 0. The minimum Gasteiger partial charge on any atom is -0.474 e. The van der Waals surface area contributed by atoms with E-state index in [9.17, 15) is 0 Å². The highest BCUT2D eigenvalue weighted by Crippen LogP contribution is 2.32. The Labute approximate surface area is 111 Å². The first-order valence-electron chi connectivity index (χ1n) is 6.57. The highest BCUT2D eigenvalue weighted by atomic mass is 32.1. The van der Waals surface area contributed by atoms with Crippen molar-refractivity contribution in [2.75, 3.05) is 6.54 Å². The topological polar surface area (TPSA) is 48.1 Å². The van der Waals surface area contributed by atoms with Gasteiger partial charge in [0.1, 0.15) is 6.10 Å². The van der Waals surface area contributed by atoms with Gasteiger partial charge in [0.2, 0.25) is 5.88 Å². The first kappa shape index (κ1) is 11.9. The van der Waals surface area contributed by atoms with Gasteiger partial charge >= 0.3 is 0 Å². The van der Waals surface area contributed by atoms with Gasteiger partial charge in [-0.1, -0.05) is 6.42 Å². The van der Waals surface area contributed by atoms with Crippen LogP contribution in [0.25, 0.3) is 10.1 Å². The van der Waals surface area contributed by atoms with Gasteiger partial charge in [-0.25, -0.2) is 4.98 Å². The molecule has 3 nitrogen and oxygen atoms in total. The molecule has 2 N–H and O–H groups in total. The number of ether oxygens (including phenoxy) is 1. The number of nitrogens with two attached hydrogens (primary N) is 1. The fourth-order valence-corrected chi connectivity index (χ4v) is 3.48. The van der Waals surface area contributed by atoms with E-state index in [-0.39, 0.29) is 6.10 Å². The summed E-state index contributed by atoms with van der Waals surface area (Å²) in [5.41, 5.74) is 5.84. The van der Waals surface area contributed by atoms with E-state index in [0.717, 1.165) is 17.7 Å². The van der Waals surface area contributed by atoms with Crippen LogP contribution in [-0.4, -0.2) is 17.6 Å². The SMILES string of the molecule is NCC1CCCCC1Oc1nccc2sccc12. The third-order valence-electron chi connectivity index (χ3n) is 3.75. The molecular weight excluding hydrogens is 244 g/mol. The molecule has 2 unspecified atom stereocenters. The molecule has 2 atom stereocenters. The average Bonchev–Trinajstić information content (AvgIpc) is 2.89. The lowest BCUT2D eigenvalue weighted by Gasteiger charge is -2.30. The molecule has 4 heteroatoms. The minimum absolute atomic E-state index is 0.238. The van der Waals surface area contributed by atoms with Crippen molar-refractivity contribution in [2.24, 2.45) is 11.7 Å². The van der Waals surface area contributed by atoms with Crippen molar-refractivity contribution in [3.05, 3.63) is 23.7 Å². The second kappa shape index (κ2) is 5.24. The van der Waals surface area contributed by atoms with Crippen molar-refractivity contribution in [1.82, 2.24) is 4.98 Å². The lowest BCUT2D eigenvalue weighted by atomic mass is 9.86. The molecule has 0 amide bonds. The van der Waals surface area contributed by atoms with Gasteiger partial charge in [-0.15, -0.1) is 11.3 Å². The summed E-state index contributed by atoms with van der Waals surface area (Å²) in [6.45, 7) is 0.713. The average molecular weight is 262 g/mol. The number of hydrogen-bond donors (Lipinski definition) is 1. The van der Waals surface area contributed by atoms with Gasteiger partial charge in [-0.05, 0) is 43.3 Å². The van der Waals surface area contributed by atoms with Crippen LogP contribution in [-0.2, 0) is 0 Å². The molecular formula is C14H18N2OS. The summed E-state index contributed by atoms with van der Waals surface area (Å²) in [6.07, 6.45) is 6.86. The van der Waals surface area contributed by atoms with E-state index in [2.05, 4.69) is 16.4 Å². The molecule has 3 rings (SSSR count). The van der Waals surface area contributed by atoms with Crippen LogP contribution < -0.4 is 10.5 Å². The number of hydrogen-bond acceptors (Lipinski definition) is 4. The third-order valence-corrected chi connectivity index (χ3v) is 4.63. The molecule has 0 bridgehead atoms. The lowest BCUT2D eigenvalue weighted by molar-refractivity contribution is 0.0940. The Morgan fingerprint density at radius 3 is 3.11 bits per heavy atom. The second-order valence-electron chi connectivity index (χ2n) is 4.89. The van der Waals surface area contributed by atoms with Crippen molar-refractivity contribution in [3.63, 3.8) is 0 Å². The molecule has 96 valence electrons. The lowest BCUT2D eigenvalue weighted by Crippen LogP contribution is -2.35. The quantitative estimate of drug-likeness (QED) is 0.924. The molecule has 0 saturated heterocycles. The Morgan fingerprint density at radius 1 is 1.33 bits per heavy atom. The van der Waals surface area contributed by atoms with Crippen molar-refractivity contribution < 1.29 is 4.74 Å². The summed E-state index contributed by atoms with van der Waals surface area (Å²) in [4.78, 5) is 4.39. The minimum atomic E-state index is 0.238. The van der Waals surface area contributed by atoms with Gasteiger partial charge in [-0.2, -0.15) is 0 Å². The van der Waals surface area contributed by atoms with E-state index < -0.39 is 0 Å². The number of pyridine rings is 1. The maximum absolute atomic E-state index is 6.15. The van der Waals surface area contributed by atoms with Crippen LogP contribution in [0.15, 0.2) is 23.7 Å². The van der Waals surface area contributed by atoms with Gasteiger partial charge in [0.05, 0.1) is 5.39 Å². The molecule has 0 aromatic carbocycles. The summed E-state index contributed by atoms with van der Waals surface area (Å²) in [6, 6.07) is 4.12. The molecule has 18 heavy (non-hydrogen) atoms. The molecule has 2 heterocycles. The van der Waals surface area contributed by atoms with Crippen LogP contribution in [0.2, 0.25) is 0 Å². The smallest absolute Gasteiger partial charge is 0.222 e. The summed E-state index contributed by atoms with van der Waals surface area (Å²) in [5.74, 6) is 1.26. The van der Waals surface area contributed by atoms with E-state index in [1.165, 1.54) is 24.0 Å². The van der Waals surface area contributed by atoms with Crippen molar-refractivity contribution >= 4 is 21.4 Å². The monoisotopic (exact) mass is 262 g/mol. The van der Waals surface area contributed by atoms with E-state index in [0.29, 0.717) is 12.5 Å². The van der Waals surface area contributed by atoms with Crippen LogP contribution >= 0.6 is 11.3 Å². The molecule has 2 aromatic heterocycles. The Balaban J connectivity index is 1.84. The van der Waals surface area contributed by atoms with Crippen LogP contribution in [0.4, 0.5) is 0 Å². The van der Waals surface area contributed by atoms with Crippen LogP contribution in [0.1, 0.15) is 25.7 Å². The summed E-state index contributed by atoms with van der Waals surface area (Å²) < 4.78 is 7.38. The van der Waals surface area contributed by atoms with Gasteiger partial charge in [0.25, 0.3) is 0 Å². The molecule has 1 fully saturated rings. The van der Waals surface area contributed by atoms with Crippen molar-refractivity contribution in [3.8, 4) is 5.88 Å². The highest BCUT2D eigenvalue weighted by Gasteiger charge is 2.26. The number of rotatable bonds is 3. The molecule has 0 aliphatic heterocycles. The van der Waals surface area contributed by atoms with Crippen molar-refractivity contribution in [2.45, 2.75) is 31.8 Å². The predicted octanol–water partition coefficient (Wildman–Crippen LogP) is 3.19. The normalized spacial score (nSPS) is 24.3. The summed E-state index contributed by atoms with van der Waals surface area (Å²) in [5, 5.41) is 3.21. The van der Waals surface area contributed by atoms with Gasteiger partial charge < -0.3 is 10.5 Å². The van der Waals surface area contributed by atoms with Crippen LogP contribution in [0, 0.1) is 5.92 Å². The van der Waals surface area contributed by atoms with E-state index >= 15 is 0 Å². The summed E-state index contributed by atoms with van der Waals surface area (Å²) >= 11 is 1.73. The fourth-order valence-electron chi connectivity index (χ4n) is 2.70. The molecule has 2 aromatic rings. The molecule has 0 radical (unpaired) electrons. The first-order valence-corrected chi connectivity index (χ1v) is 7.45. The van der Waals surface area contributed by atoms with Gasteiger partial charge in [0, 0.05) is 16.8 Å². The zero-order chi connectivity index (χ0) is 12.4. The number of thiophene rings is 1. The third kappa shape index (κ3) is 2.22. The maximum Gasteiger partial charge on any atom is 0.222 e. The molecule has 0 spiro atoms. The zero-order valence-electron chi connectivity index (χ0n) is 10.3. The van der Waals surface area contributed by atoms with E-state index in [1.54, 1.807) is 11.3 Å². The van der Waals surface area contributed by atoms with Crippen LogP contribution in [0.5, 0.6) is 5.88 Å². The molecule has 1 aliphatic rings. The predicted molar refractivity (Wildman–Crippen MR) is 75.0 cm³/mol. The van der Waals surface area contributed by atoms with E-state index in [4.69, 9.17) is 10.5 Å². The number of aromatic nitrogens is 1. The first-order chi connectivity index (χ1) is 8.88. The highest BCUT2D eigenvalue weighted by molar-refractivity contribution is 7.17. The number of nitrogens with zero attached hydrogens (tertiary/aromatic N) is 1. The van der Waals surface area contributed by atoms with E-state index in [1.807, 2.05) is 12.3 Å². The fraction of sp³-hybridized carbons (Fsp3) is 0.500. The Kier molecular flexibility index (Phi) is 3.48. The van der Waals surface area contributed by atoms with Crippen molar-refractivity contribution in [1.29, 1.82) is 0 Å². The van der Waals surface area contributed by atoms with Crippen LogP contribution in [0.3, 0.4) is 0 Å². The number of fused-ring (bicyclic) bond motifs is 1. The standard InChI is InChI=1S/C14H18N2OS/c15-9-10-3-1-2-4-12(10)17-14-11-6-8-18-13(11)5-7-16-14/h5-8,10,12H,1-4,9,15H2.